The van der Waals surface area contributed by atoms with Crippen LogP contribution < -0.4 is 5.32 Å². The maximum atomic E-state index is 3.71. The molecule has 1 aliphatic rings. The van der Waals surface area contributed by atoms with Crippen LogP contribution in [0.25, 0.3) is 0 Å². The Morgan fingerprint density at radius 1 is 1.19 bits per heavy atom. The maximum absolute atomic E-state index is 3.71. The van der Waals surface area contributed by atoms with Crippen molar-refractivity contribution in [1.29, 1.82) is 0 Å². The highest BCUT2D eigenvalue weighted by Crippen LogP contribution is 2.25. The third kappa shape index (κ3) is 5.08. The minimum atomic E-state index is 0.476. The van der Waals surface area contributed by atoms with Gasteiger partial charge in [0.25, 0.3) is 0 Å². The van der Waals surface area contributed by atoms with E-state index in [9.17, 15) is 0 Å². The van der Waals surface area contributed by atoms with E-state index >= 15 is 0 Å². The molecular weight excluding hydrogens is 324 g/mol. The van der Waals surface area contributed by atoms with E-state index in [1.54, 1.807) is 0 Å². The minimum Gasteiger partial charge on any atom is -0.310 e. The monoisotopic (exact) mass is 352 g/mol. The molecule has 3 heteroatoms. The second-order valence-electron chi connectivity index (χ2n) is 6.56. The van der Waals surface area contributed by atoms with Crippen LogP contribution in [0.5, 0.6) is 0 Å². The van der Waals surface area contributed by atoms with Crippen molar-refractivity contribution in [2.24, 2.45) is 11.8 Å². The minimum absolute atomic E-state index is 0.476. The van der Waals surface area contributed by atoms with Crippen LogP contribution in [-0.4, -0.2) is 31.1 Å². The van der Waals surface area contributed by atoms with Crippen molar-refractivity contribution in [3.8, 4) is 0 Å². The normalized spacial score (nSPS) is 24.4. The van der Waals surface area contributed by atoms with Crippen LogP contribution in [0.2, 0.25) is 0 Å². The lowest BCUT2D eigenvalue weighted by Crippen LogP contribution is -2.29. The van der Waals surface area contributed by atoms with Gasteiger partial charge in [0.2, 0.25) is 0 Å². The summed E-state index contributed by atoms with van der Waals surface area (Å²) in [5, 5.41) is 3.71. The molecule has 21 heavy (non-hydrogen) atoms. The van der Waals surface area contributed by atoms with E-state index < -0.39 is 0 Å². The van der Waals surface area contributed by atoms with E-state index in [1.165, 1.54) is 38.0 Å². The fourth-order valence-electron chi connectivity index (χ4n) is 3.14. The number of nitrogens with zero attached hydrogens (tertiary/aromatic N) is 1. The van der Waals surface area contributed by atoms with Crippen LogP contribution in [0, 0.1) is 11.8 Å². The van der Waals surface area contributed by atoms with Gasteiger partial charge in [-0.2, -0.15) is 0 Å². The molecule has 0 radical (unpaired) electrons. The summed E-state index contributed by atoms with van der Waals surface area (Å²) in [6.45, 7) is 11.8. The average Bonchev–Trinajstić information content (AvgIpc) is 2.79. The fraction of sp³-hybridized carbons (Fsp3) is 0.667. The number of halogens is 1. The molecule has 118 valence electrons. The summed E-state index contributed by atoms with van der Waals surface area (Å²) < 4.78 is 1.16. The molecule has 1 saturated heterocycles. The van der Waals surface area contributed by atoms with E-state index in [-0.39, 0.29) is 0 Å². The molecule has 0 amide bonds. The third-order valence-corrected chi connectivity index (χ3v) is 5.24. The van der Waals surface area contributed by atoms with Crippen LogP contribution >= 0.6 is 15.9 Å². The Balaban J connectivity index is 1.92. The molecule has 1 aliphatic heterocycles. The van der Waals surface area contributed by atoms with E-state index in [4.69, 9.17) is 0 Å². The van der Waals surface area contributed by atoms with Crippen molar-refractivity contribution in [2.75, 3.05) is 26.2 Å². The number of hydrogen-bond acceptors (Lipinski definition) is 2. The van der Waals surface area contributed by atoms with Gasteiger partial charge in [-0.15, -0.1) is 0 Å². The quantitative estimate of drug-likeness (QED) is 0.778. The molecule has 3 unspecified atom stereocenters. The topological polar surface area (TPSA) is 15.3 Å². The Kier molecular flexibility index (Phi) is 6.72. The zero-order valence-corrected chi connectivity index (χ0v) is 15.2. The first-order valence-corrected chi connectivity index (χ1v) is 9.10. The van der Waals surface area contributed by atoms with Crippen molar-refractivity contribution < 1.29 is 0 Å². The molecule has 1 fully saturated rings. The van der Waals surface area contributed by atoms with Gasteiger partial charge in [0, 0.05) is 23.6 Å². The van der Waals surface area contributed by atoms with Crippen LogP contribution in [0.15, 0.2) is 28.7 Å². The molecule has 0 aromatic heterocycles. The molecule has 0 saturated carbocycles. The third-order valence-electron chi connectivity index (χ3n) is 4.71. The fourth-order valence-corrected chi connectivity index (χ4v) is 3.41. The van der Waals surface area contributed by atoms with E-state index in [2.05, 4.69) is 71.2 Å². The van der Waals surface area contributed by atoms with E-state index in [0.29, 0.717) is 6.04 Å². The molecule has 0 aliphatic carbocycles. The first-order valence-electron chi connectivity index (χ1n) is 8.31. The number of hydrogen-bond donors (Lipinski definition) is 1. The second-order valence-corrected chi connectivity index (χ2v) is 7.48. The molecule has 3 atom stereocenters. The van der Waals surface area contributed by atoms with Gasteiger partial charge >= 0.3 is 0 Å². The SMILES string of the molecule is CCCNC(CCN1CC(C)C(C)C1)c1ccc(Br)cc1. The Hall–Kier alpha value is -0.380. The molecule has 0 bridgehead atoms. The summed E-state index contributed by atoms with van der Waals surface area (Å²) in [6.07, 6.45) is 2.38. The highest BCUT2D eigenvalue weighted by Gasteiger charge is 2.26. The lowest BCUT2D eigenvalue weighted by Gasteiger charge is -2.23. The van der Waals surface area contributed by atoms with Crippen LogP contribution in [0.1, 0.15) is 45.2 Å². The zero-order chi connectivity index (χ0) is 15.2. The zero-order valence-electron chi connectivity index (χ0n) is 13.6. The van der Waals surface area contributed by atoms with Crippen molar-refractivity contribution in [3.63, 3.8) is 0 Å². The summed E-state index contributed by atoms with van der Waals surface area (Å²) in [5.41, 5.74) is 1.41. The first kappa shape index (κ1) is 17.0. The molecule has 2 nitrogen and oxygen atoms in total. The van der Waals surface area contributed by atoms with Gasteiger partial charge in [0.15, 0.2) is 0 Å². The summed E-state index contributed by atoms with van der Waals surface area (Å²) in [6, 6.07) is 9.26. The predicted octanol–water partition coefficient (Wildman–Crippen LogP) is 4.47. The van der Waals surface area contributed by atoms with E-state index in [0.717, 1.165) is 22.9 Å². The molecule has 1 heterocycles. The predicted molar refractivity (Wildman–Crippen MR) is 94.6 cm³/mol. The van der Waals surface area contributed by atoms with Crippen LogP contribution in [-0.2, 0) is 0 Å². The van der Waals surface area contributed by atoms with E-state index in [1.807, 2.05) is 0 Å². The van der Waals surface area contributed by atoms with Gasteiger partial charge in [-0.05, 0) is 55.5 Å². The summed E-state index contributed by atoms with van der Waals surface area (Å²) >= 11 is 3.52. The standard InChI is InChI=1S/C18H29BrN2/c1-4-10-20-18(16-5-7-17(19)8-6-16)9-11-21-12-14(2)15(3)13-21/h5-8,14-15,18,20H,4,9-13H2,1-3H3. The molecular formula is C18H29BrN2. The Labute approximate surface area is 138 Å². The van der Waals surface area contributed by atoms with Crippen molar-refractivity contribution in [1.82, 2.24) is 10.2 Å². The maximum Gasteiger partial charge on any atom is 0.0332 e. The van der Waals surface area contributed by atoms with Gasteiger partial charge in [0.05, 0.1) is 0 Å². The van der Waals surface area contributed by atoms with Crippen molar-refractivity contribution in [2.45, 2.75) is 39.7 Å². The molecule has 0 spiro atoms. The first-order chi connectivity index (χ1) is 10.1. The van der Waals surface area contributed by atoms with Crippen LogP contribution in [0.4, 0.5) is 0 Å². The van der Waals surface area contributed by atoms with Crippen molar-refractivity contribution in [3.05, 3.63) is 34.3 Å². The Bertz CT molecular complexity index is 408. The van der Waals surface area contributed by atoms with Gasteiger partial charge in [0.1, 0.15) is 0 Å². The summed E-state index contributed by atoms with van der Waals surface area (Å²) in [5.74, 6) is 1.69. The molecule has 1 aromatic carbocycles. The summed E-state index contributed by atoms with van der Waals surface area (Å²) in [7, 11) is 0. The lowest BCUT2D eigenvalue weighted by atomic mass is 10.0. The smallest absolute Gasteiger partial charge is 0.0332 e. The highest BCUT2D eigenvalue weighted by atomic mass is 79.9. The van der Waals surface area contributed by atoms with Gasteiger partial charge in [-0.25, -0.2) is 0 Å². The Morgan fingerprint density at radius 3 is 2.38 bits per heavy atom. The number of rotatable bonds is 7. The van der Waals surface area contributed by atoms with Gasteiger partial charge < -0.3 is 10.2 Å². The summed E-state index contributed by atoms with van der Waals surface area (Å²) in [4.78, 5) is 2.63. The highest BCUT2D eigenvalue weighted by molar-refractivity contribution is 9.10. The molecule has 1 N–H and O–H groups in total. The second kappa shape index (κ2) is 8.30. The Morgan fingerprint density at radius 2 is 1.81 bits per heavy atom. The van der Waals surface area contributed by atoms with Gasteiger partial charge in [-0.1, -0.05) is 48.8 Å². The van der Waals surface area contributed by atoms with Crippen molar-refractivity contribution >= 4 is 15.9 Å². The number of nitrogens with one attached hydrogen (secondary N) is 1. The average molecular weight is 353 g/mol. The van der Waals surface area contributed by atoms with Gasteiger partial charge in [-0.3, -0.25) is 0 Å². The molecule has 1 aromatic rings. The van der Waals surface area contributed by atoms with Crippen LogP contribution in [0.3, 0.4) is 0 Å². The number of benzene rings is 1. The lowest BCUT2D eigenvalue weighted by molar-refractivity contribution is 0.298. The largest absolute Gasteiger partial charge is 0.310 e. The molecule has 2 rings (SSSR count). The number of likely N-dealkylation sites (tertiary alicyclic amines) is 1.